The molecule has 2 aliphatic carbocycles. The number of methoxy groups -OCH3 is 1. The zero-order valence-corrected chi connectivity index (χ0v) is 28.9. The van der Waals surface area contributed by atoms with Crippen LogP contribution in [-0.4, -0.2) is 95.7 Å². The Bertz CT molecular complexity index is 1400. The summed E-state index contributed by atoms with van der Waals surface area (Å²) in [6.45, 7) is 8.87. The van der Waals surface area contributed by atoms with Gasteiger partial charge in [0.15, 0.2) is 0 Å². The van der Waals surface area contributed by atoms with Crippen LogP contribution in [0.5, 0.6) is 0 Å². The zero-order chi connectivity index (χ0) is 35.0. The first-order valence-corrected chi connectivity index (χ1v) is 17.2. The van der Waals surface area contributed by atoms with E-state index in [1.165, 1.54) is 38.9 Å². The van der Waals surface area contributed by atoms with E-state index in [0.29, 0.717) is 61.5 Å². The summed E-state index contributed by atoms with van der Waals surface area (Å²) >= 11 is 0. The molecule has 264 valence electrons. The molecule has 3 aliphatic rings. The minimum atomic E-state index is -0.868. The summed E-state index contributed by atoms with van der Waals surface area (Å²) in [5.41, 5.74) is 6.22. The van der Waals surface area contributed by atoms with Crippen molar-refractivity contribution in [1.82, 2.24) is 24.9 Å². The molecular formula is C35H52FN7O5. The van der Waals surface area contributed by atoms with Crippen LogP contribution in [0.1, 0.15) is 81.3 Å². The van der Waals surface area contributed by atoms with Crippen LogP contribution in [0.15, 0.2) is 30.5 Å². The second-order valence-electron chi connectivity index (χ2n) is 13.3. The van der Waals surface area contributed by atoms with Crippen molar-refractivity contribution in [2.24, 2.45) is 23.5 Å². The van der Waals surface area contributed by atoms with Gasteiger partial charge < -0.3 is 30.9 Å². The maximum Gasteiger partial charge on any atom is 0.266 e. The summed E-state index contributed by atoms with van der Waals surface area (Å²) in [7, 11) is 3.48. The SMILES string of the molecule is CCC(OC)C(=O)NC(C(=O)N1CCN(C)CC1)C(C)c1ccc(NC(=O)CC(C2CC2)C2CC2)c(F)c1.CCn1nccc1C(N)=O. The van der Waals surface area contributed by atoms with Crippen molar-refractivity contribution in [3.05, 3.63) is 47.5 Å². The fourth-order valence-electron chi connectivity index (χ4n) is 6.41. The lowest BCUT2D eigenvalue weighted by Crippen LogP contribution is -2.57. The van der Waals surface area contributed by atoms with Crippen molar-refractivity contribution in [3.8, 4) is 0 Å². The monoisotopic (exact) mass is 669 g/mol. The number of amides is 4. The number of carbonyl (C=O) groups is 4. The van der Waals surface area contributed by atoms with Crippen molar-refractivity contribution in [2.45, 2.75) is 83.9 Å². The first-order valence-electron chi connectivity index (χ1n) is 17.2. The summed E-state index contributed by atoms with van der Waals surface area (Å²) in [6, 6.07) is 5.39. The molecule has 1 aliphatic heterocycles. The van der Waals surface area contributed by atoms with Gasteiger partial charge in [0.25, 0.3) is 5.91 Å². The first kappa shape index (κ1) is 37.0. The average Bonchev–Trinajstić information content (AvgIpc) is 4.02. The van der Waals surface area contributed by atoms with E-state index < -0.39 is 29.8 Å². The fraction of sp³-hybridized carbons (Fsp3) is 0.629. The molecular weight excluding hydrogens is 617 g/mol. The van der Waals surface area contributed by atoms with E-state index in [9.17, 15) is 19.2 Å². The molecule has 0 spiro atoms. The summed E-state index contributed by atoms with van der Waals surface area (Å²) in [6.07, 6.45) is 6.59. The van der Waals surface area contributed by atoms with Crippen LogP contribution in [-0.2, 0) is 25.7 Å². The van der Waals surface area contributed by atoms with E-state index in [1.807, 2.05) is 27.8 Å². The van der Waals surface area contributed by atoms with Crippen LogP contribution in [0.3, 0.4) is 0 Å². The number of nitrogens with zero attached hydrogens (tertiary/aromatic N) is 4. The molecule has 13 heteroatoms. The number of aryl methyl sites for hydroxylation is 1. The second-order valence-corrected chi connectivity index (χ2v) is 13.3. The van der Waals surface area contributed by atoms with E-state index in [2.05, 4.69) is 20.6 Å². The van der Waals surface area contributed by atoms with Gasteiger partial charge in [0.1, 0.15) is 23.7 Å². The average molecular weight is 670 g/mol. The lowest BCUT2D eigenvalue weighted by molar-refractivity contribution is -0.141. The van der Waals surface area contributed by atoms with Gasteiger partial charge in [-0.1, -0.05) is 19.9 Å². The minimum absolute atomic E-state index is 0.144. The molecule has 3 fully saturated rings. The zero-order valence-electron chi connectivity index (χ0n) is 28.9. The van der Waals surface area contributed by atoms with Crippen molar-refractivity contribution in [3.63, 3.8) is 0 Å². The van der Waals surface area contributed by atoms with Gasteiger partial charge in [0, 0.05) is 58.4 Å². The number of nitrogens with two attached hydrogens (primary N) is 1. The number of hydrogen-bond donors (Lipinski definition) is 3. The van der Waals surface area contributed by atoms with Gasteiger partial charge in [-0.3, -0.25) is 23.9 Å². The minimum Gasteiger partial charge on any atom is -0.372 e. The quantitative estimate of drug-likeness (QED) is 0.279. The molecule has 4 amide bonds. The normalized spacial score (nSPS) is 18.4. The number of aromatic nitrogens is 2. The van der Waals surface area contributed by atoms with Crippen molar-refractivity contribution in [1.29, 1.82) is 0 Å². The van der Waals surface area contributed by atoms with E-state index in [-0.39, 0.29) is 23.4 Å². The highest BCUT2D eigenvalue weighted by Crippen LogP contribution is 2.50. The number of halogens is 1. The van der Waals surface area contributed by atoms with Crippen molar-refractivity contribution in [2.75, 3.05) is 45.7 Å². The fourth-order valence-corrected chi connectivity index (χ4v) is 6.41. The summed E-state index contributed by atoms with van der Waals surface area (Å²) in [5, 5.41) is 9.52. The number of hydrogen-bond acceptors (Lipinski definition) is 7. The molecule has 0 radical (unpaired) electrons. The van der Waals surface area contributed by atoms with Gasteiger partial charge in [-0.05, 0) is 87.6 Å². The molecule has 2 heterocycles. The number of ether oxygens (including phenoxy) is 1. The van der Waals surface area contributed by atoms with Crippen molar-refractivity contribution < 1.29 is 28.3 Å². The molecule has 3 atom stereocenters. The molecule has 1 aromatic heterocycles. The van der Waals surface area contributed by atoms with Gasteiger partial charge in [-0.15, -0.1) is 0 Å². The number of rotatable bonds is 14. The number of likely N-dealkylation sites (N-methyl/N-ethyl adjacent to an activating group) is 1. The number of carbonyl (C=O) groups excluding carboxylic acids is 4. The lowest BCUT2D eigenvalue weighted by atomic mass is 9.91. The Kier molecular flexibility index (Phi) is 13.1. The van der Waals surface area contributed by atoms with Gasteiger partial charge in [0.2, 0.25) is 17.7 Å². The smallest absolute Gasteiger partial charge is 0.266 e. The standard InChI is InChI=1S/C29H43FN4O4.C6H9N3O/c1-5-25(38-4)28(36)32-27(29(37)34-14-12-33(3)13-15-34)18(2)21-10-11-24(23(30)16-21)31-26(35)17-22(19-6-7-19)20-8-9-20;1-2-9-5(6(7)10)3-4-8-9/h10-11,16,18-20,22,25,27H,5-9,12-15,17H2,1-4H3,(H,31,35)(H,32,36);3-4H,2H2,1H3,(H2,7,10). The Morgan fingerprint density at radius 3 is 2.19 bits per heavy atom. The second kappa shape index (κ2) is 17.0. The third-order valence-corrected chi connectivity index (χ3v) is 9.76. The number of piperazine rings is 1. The Morgan fingerprint density at radius 1 is 1.04 bits per heavy atom. The van der Waals surface area contributed by atoms with Crippen LogP contribution >= 0.6 is 0 Å². The lowest BCUT2D eigenvalue weighted by Gasteiger charge is -2.36. The predicted octanol–water partition coefficient (Wildman–Crippen LogP) is 3.38. The molecule has 12 nitrogen and oxygen atoms in total. The van der Waals surface area contributed by atoms with Crippen LogP contribution in [0.25, 0.3) is 0 Å². The largest absolute Gasteiger partial charge is 0.372 e. The van der Waals surface area contributed by atoms with Crippen LogP contribution in [0.4, 0.5) is 10.1 Å². The van der Waals surface area contributed by atoms with Gasteiger partial charge in [0.05, 0.1) is 5.69 Å². The van der Waals surface area contributed by atoms with Crippen LogP contribution in [0.2, 0.25) is 0 Å². The molecule has 5 rings (SSSR count). The molecule has 1 saturated heterocycles. The maximum atomic E-state index is 15.2. The molecule has 4 N–H and O–H groups in total. The maximum absolute atomic E-state index is 15.2. The Balaban J connectivity index is 0.000000445. The molecule has 3 unspecified atom stereocenters. The third-order valence-electron chi connectivity index (χ3n) is 9.76. The highest BCUT2D eigenvalue weighted by atomic mass is 19.1. The Hall–Kier alpha value is -3.84. The van der Waals surface area contributed by atoms with Crippen molar-refractivity contribution >= 4 is 29.3 Å². The molecule has 2 saturated carbocycles. The third kappa shape index (κ3) is 9.85. The summed E-state index contributed by atoms with van der Waals surface area (Å²) in [5.74, 6) is -0.442. The van der Waals surface area contributed by atoms with Gasteiger partial charge in [-0.25, -0.2) is 4.39 Å². The molecule has 2 aromatic rings. The summed E-state index contributed by atoms with van der Waals surface area (Å²) < 4.78 is 22.0. The Morgan fingerprint density at radius 2 is 1.69 bits per heavy atom. The summed E-state index contributed by atoms with van der Waals surface area (Å²) in [4.78, 5) is 53.7. The van der Waals surface area contributed by atoms with E-state index in [1.54, 1.807) is 34.0 Å². The van der Waals surface area contributed by atoms with E-state index >= 15 is 4.39 Å². The molecule has 1 aromatic carbocycles. The van der Waals surface area contributed by atoms with E-state index in [0.717, 1.165) is 13.1 Å². The molecule has 48 heavy (non-hydrogen) atoms. The molecule has 0 bridgehead atoms. The predicted molar refractivity (Wildman–Crippen MR) is 181 cm³/mol. The number of anilines is 1. The Labute approximate surface area is 282 Å². The van der Waals surface area contributed by atoms with Crippen LogP contribution in [0, 0.1) is 23.6 Å². The van der Waals surface area contributed by atoms with Gasteiger partial charge >= 0.3 is 0 Å². The topological polar surface area (TPSA) is 152 Å². The number of primary amides is 1. The highest BCUT2D eigenvalue weighted by molar-refractivity contribution is 5.92. The van der Waals surface area contributed by atoms with Gasteiger partial charge in [-0.2, -0.15) is 5.10 Å². The number of benzene rings is 1. The highest BCUT2D eigenvalue weighted by Gasteiger charge is 2.42. The van der Waals surface area contributed by atoms with E-state index in [4.69, 9.17) is 10.5 Å². The van der Waals surface area contributed by atoms with Crippen LogP contribution < -0.4 is 16.4 Å². The number of nitrogens with one attached hydrogen (secondary N) is 2. The first-order chi connectivity index (χ1) is 23.0.